The Morgan fingerprint density at radius 3 is 1.11 bits per heavy atom. The average Bonchev–Trinajstić information content (AvgIpc) is 1.55. The van der Waals surface area contributed by atoms with Crippen LogP contribution in [0.4, 0.5) is 0 Å². The van der Waals surface area contributed by atoms with Crippen molar-refractivity contribution in [3.05, 3.63) is 72.9 Å². The average molecular weight is 2090 g/mol. The molecule has 149 heavy (non-hydrogen) atoms. The van der Waals surface area contributed by atoms with E-state index in [-0.39, 0.29) is 235 Å². The first-order valence-corrected chi connectivity index (χ1v) is 58.4. The number of carbonyl (C=O) groups excluding carboxylic acids is 3. The number of hydrogen-bond acceptors (Lipinski definition) is 33. The summed E-state index contributed by atoms with van der Waals surface area (Å²) in [5, 5.41) is 51.8. The van der Waals surface area contributed by atoms with E-state index in [0.717, 1.165) is 143 Å². The summed E-state index contributed by atoms with van der Waals surface area (Å²) in [6, 6.07) is 0. The number of ketones is 3. The highest BCUT2D eigenvalue weighted by atomic mass is 16.8. The maximum absolute atomic E-state index is 15.3. The highest BCUT2D eigenvalue weighted by Gasteiger charge is 2.72. The van der Waals surface area contributed by atoms with E-state index in [0.29, 0.717) is 116 Å². The van der Waals surface area contributed by atoms with Crippen LogP contribution in [0.5, 0.6) is 0 Å². The number of hydrogen-bond donors (Lipinski definition) is 4. The molecule has 0 radical (unpaired) electrons. The summed E-state index contributed by atoms with van der Waals surface area (Å²) in [7, 11) is 3.28. The standard InChI is InChI=1S/C116H165NO32/c1-56-9-12-69-15-21-82-60(5)36-76(131-82)28-32-115-51-96-105(145-115)108-110(142-96)112(148-115)103-85(140-108)25-19-72(135-103)40-63(118)38-62-39-78(133-91(62)48-88(56)127-69)43-66(121)53-117(54-67(122)46-94-99(125-7)79-44-64(119)41-73-18-24-84-102(134-73)107-98(124)101(139-84)87-30-34-114(144-87,147-107)31-27-75-35-59(4)81(130-75)22-16-70-13-10-57(2)89(128-70)49-92(79)137-94)55-68(123)47-95-100(126-8)80-45-65(120)42-74-20-26-86-104(136-74)113-111-109(141-86)106-97(143-111)52-116(146-106,149-113)33-29-77-37-61(6)83(132-77)23-17-71-14-11-58(3)90(129-71)50-93(80)138-95/h62,66-113,121-124H,1-6,9-55H2,7-8H3/t62-,66+,67+,68+,69?,70-,71-,72-,73-,74-,75+,76+,77+,78?,79+,80+,81+,82?,83+,84+,85+,86+,87+,88-,89-,90-,91+,92?,93?,94-,95-,96-,97-,98?,99-,100-,101?,102+,103+,104+,105+,106+,107-,108+,109+,110?,111?,112+,113+,114+,115+,116+/m1/s1. The van der Waals surface area contributed by atoms with Crippen molar-refractivity contribution in [1.82, 2.24) is 4.90 Å². The molecule has 4 N–H and O–H groups in total. The number of methoxy groups -OCH3 is 2. The molecule has 826 valence electrons. The summed E-state index contributed by atoms with van der Waals surface area (Å²) < 4.78 is 175. The first-order valence-electron chi connectivity index (χ1n) is 58.4. The minimum atomic E-state index is -1.17. The van der Waals surface area contributed by atoms with Gasteiger partial charge in [-0.1, -0.05) is 39.5 Å². The number of rotatable bonds is 14. The predicted octanol–water partition coefficient (Wildman–Crippen LogP) is 11.4. The van der Waals surface area contributed by atoms with E-state index in [4.69, 9.17) is 118 Å². The third-order valence-electron chi connectivity index (χ3n) is 40.6. The quantitative estimate of drug-likeness (QED) is 0.117. The second-order valence-corrected chi connectivity index (χ2v) is 50.7. The van der Waals surface area contributed by atoms with Crippen molar-refractivity contribution in [3.63, 3.8) is 0 Å². The molecule has 33 heteroatoms. The van der Waals surface area contributed by atoms with E-state index in [1.807, 2.05) is 4.90 Å². The molecule has 28 fully saturated rings. The van der Waals surface area contributed by atoms with E-state index in [2.05, 4.69) is 39.5 Å². The lowest BCUT2D eigenvalue weighted by Gasteiger charge is -2.49. The molecular weight excluding hydrogens is 1920 g/mol. The Balaban J connectivity index is 0.473. The molecular formula is C116H165NO32. The number of aliphatic hydroxyl groups is 4. The van der Waals surface area contributed by atoms with Crippen LogP contribution in [0.1, 0.15) is 283 Å². The number of Topliss-reactive ketones (excluding diaryl/α,β-unsaturated/α-hetero) is 3. The van der Waals surface area contributed by atoms with Crippen molar-refractivity contribution in [2.75, 3.05) is 33.9 Å². The summed E-state index contributed by atoms with van der Waals surface area (Å²) in [4.78, 5) is 47.7. The van der Waals surface area contributed by atoms with Crippen LogP contribution in [-0.4, -0.2) is 375 Å². The van der Waals surface area contributed by atoms with Gasteiger partial charge < -0.3 is 139 Å². The summed E-state index contributed by atoms with van der Waals surface area (Å²) in [5.41, 5.74) is 6.09. The Labute approximate surface area is 876 Å². The Morgan fingerprint density at radius 2 is 0.658 bits per heavy atom. The van der Waals surface area contributed by atoms with E-state index < -0.39 is 176 Å². The minimum absolute atomic E-state index is 0.00817. The van der Waals surface area contributed by atoms with Gasteiger partial charge >= 0.3 is 0 Å². The lowest BCUT2D eigenvalue weighted by molar-refractivity contribution is -0.299. The van der Waals surface area contributed by atoms with Crippen molar-refractivity contribution >= 4 is 17.3 Å². The highest BCUT2D eigenvalue weighted by molar-refractivity contribution is 5.80. The van der Waals surface area contributed by atoms with Crippen molar-refractivity contribution in [2.24, 2.45) is 17.8 Å². The fourth-order valence-electron chi connectivity index (χ4n) is 33.2. The Morgan fingerprint density at radius 1 is 0.295 bits per heavy atom. The second kappa shape index (κ2) is 42.7. The zero-order valence-electron chi connectivity index (χ0n) is 87.4. The summed E-state index contributed by atoms with van der Waals surface area (Å²) in [6.07, 6.45) is 4.23. The van der Waals surface area contributed by atoms with Crippen LogP contribution in [-0.2, 0) is 133 Å². The van der Waals surface area contributed by atoms with Gasteiger partial charge in [0.25, 0.3) is 0 Å². The maximum atomic E-state index is 15.3. The van der Waals surface area contributed by atoms with Gasteiger partial charge in [0.15, 0.2) is 17.4 Å². The molecule has 0 aromatic rings. The predicted molar refractivity (Wildman–Crippen MR) is 530 cm³/mol. The van der Waals surface area contributed by atoms with Gasteiger partial charge in [-0.05, 0) is 206 Å². The Hall–Kier alpha value is -3.75. The lowest BCUT2D eigenvalue weighted by Crippen LogP contribution is -2.63. The molecule has 28 aliphatic heterocycles. The van der Waals surface area contributed by atoms with Crippen LogP contribution in [0.15, 0.2) is 72.9 Å². The van der Waals surface area contributed by atoms with Crippen LogP contribution in [0, 0.1) is 17.8 Å². The fourth-order valence-corrected chi connectivity index (χ4v) is 33.2. The molecule has 28 saturated heterocycles. The first kappa shape index (κ1) is 104. The van der Waals surface area contributed by atoms with Gasteiger partial charge in [-0.25, -0.2) is 0 Å². The van der Waals surface area contributed by atoms with Gasteiger partial charge in [0.2, 0.25) is 0 Å². The van der Waals surface area contributed by atoms with E-state index in [1.165, 1.54) is 0 Å². The monoisotopic (exact) mass is 2080 g/mol. The molecule has 0 aliphatic carbocycles. The molecule has 0 saturated carbocycles. The zero-order valence-corrected chi connectivity index (χ0v) is 87.4. The molecule has 3 spiro atoms. The number of ether oxygens (including phenoxy) is 25. The number of nitrogens with zero attached hydrogens (tertiary/aromatic N) is 1. The molecule has 28 aliphatic rings. The Kier molecular flexibility index (Phi) is 29.9. The molecule has 33 nitrogen and oxygen atoms in total. The Bertz CT molecular complexity index is 4890. The normalized spacial score (nSPS) is 51.8. The third kappa shape index (κ3) is 21.0. The number of carbonyl (C=O) groups is 3. The first-order chi connectivity index (χ1) is 72.1. The molecule has 52 atom stereocenters. The smallest absolute Gasteiger partial charge is 0.172 e. The largest absolute Gasteiger partial charge is 0.392 e. The van der Waals surface area contributed by atoms with Gasteiger partial charge in [-0.3, -0.25) is 19.3 Å². The highest BCUT2D eigenvalue weighted by Crippen LogP contribution is 2.60. The number of aliphatic hydroxyl groups excluding tert-OH is 4. The van der Waals surface area contributed by atoms with Gasteiger partial charge in [0.1, 0.15) is 103 Å². The topological polar surface area (TPSA) is 366 Å². The third-order valence-corrected chi connectivity index (χ3v) is 40.6. The van der Waals surface area contributed by atoms with Gasteiger partial charge in [0, 0.05) is 161 Å². The van der Waals surface area contributed by atoms with Crippen molar-refractivity contribution < 1.29 is 153 Å². The summed E-state index contributed by atoms with van der Waals surface area (Å²) in [5.74, 6) is -4.01. The van der Waals surface area contributed by atoms with Crippen molar-refractivity contribution in [1.29, 1.82) is 0 Å². The van der Waals surface area contributed by atoms with Crippen molar-refractivity contribution in [2.45, 2.75) is 581 Å². The molecule has 28 rings (SSSR count). The summed E-state index contributed by atoms with van der Waals surface area (Å²) >= 11 is 0. The molecule has 9 unspecified atom stereocenters. The molecule has 0 aromatic heterocycles. The zero-order chi connectivity index (χ0) is 101. The fraction of sp³-hybridized carbons (Fsp3) is 0.871. The lowest BCUT2D eigenvalue weighted by atomic mass is 9.83. The van der Waals surface area contributed by atoms with Crippen LogP contribution in [0.25, 0.3) is 0 Å². The van der Waals surface area contributed by atoms with E-state index >= 15 is 14.4 Å². The molecule has 0 amide bonds. The van der Waals surface area contributed by atoms with Crippen molar-refractivity contribution in [3.8, 4) is 0 Å². The molecule has 34 bridgehead atoms. The van der Waals surface area contributed by atoms with Crippen LogP contribution in [0.2, 0.25) is 0 Å². The maximum Gasteiger partial charge on any atom is 0.172 e. The molecule has 0 aromatic carbocycles. The van der Waals surface area contributed by atoms with E-state index in [9.17, 15) is 20.4 Å². The summed E-state index contributed by atoms with van der Waals surface area (Å²) in [6.45, 7) is 27.4. The second-order valence-electron chi connectivity index (χ2n) is 50.7. The van der Waals surface area contributed by atoms with E-state index in [1.54, 1.807) is 14.2 Å². The van der Waals surface area contributed by atoms with Crippen LogP contribution < -0.4 is 0 Å². The van der Waals surface area contributed by atoms with Crippen LogP contribution >= 0.6 is 0 Å². The number of fused-ring (bicyclic) bond motifs is 21. The SMILES string of the molecule is C=C1C[C@@H]2CC[C@@]34C[C@H]5OC6[C@@H](O[C@H]7CC[C@H](CC(=O)C[C@@H]8CC(C[C@H](O)CN(C[C@@H](O)C[C@H]9OC%10C[C@H]%11O[C@H](CCC%11=C)CC[C@@H]%11O[C@@H](CC[C@]%12%13CC[C@H](O%12)C%12O[C@H]%14CC[C@H](CC(=O)C[C@@H]%10[C@H]9OC)O[C@@H]%14[C@H](O%13)C%12O)CC%11=C)C[C@@H](O)C[C@H]9OC%10C[C@H]%11O[C@H](CCC%11=C)CC[C@@H]%11O[C@@H](CC[C@@]%12%13C[C@H]%14OC%15[C@@H](O[C@H]%16CC[C@H](CC(=O)C[C@@H]%10[C@H]9OC)O[C@@H]%16[C@@H]%15O%12)[C@H]%14O%13)CC%11=C)O[C@H]8C[C@H]8OC(CCC8=C)CCC1O2)O[C@@H]7[C@@H]6O3)[C@H]5O4. The van der Waals surface area contributed by atoms with Gasteiger partial charge in [-0.2, -0.15) is 0 Å². The minimum Gasteiger partial charge on any atom is -0.392 e. The van der Waals surface area contributed by atoms with Crippen LogP contribution in [0.3, 0.4) is 0 Å². The molecule has 28 heterocycles. The van der Waals surface area contributed by atoms with Gasteiger partial charge in [0.05, 0.1) is 195 Å². The van der Waals surface area contributed by atoms with Gasteiger partial charge in [-0.15, -0.1) is 0 Å².